The van der Waals surface area contributed by atoms with Gasteiger partial charge in [0.15, 0.2) is 5.78 Å². The number of fused-ring (bicyclic) bond motifs is 3. The summed E-state index contributed by atoms with van der Waals surface area (Å²) in [5, 5.41) is 9.37. The van der Waals surface area contributed by atoms with Crippen molar-refractivity contribution in [3.8, 4) is 11.9 Å². The number of ketones is 1. The summed E-state index contributed by atoms with van der Waals surface area (Å²) in [6.07, 6.45) is 3.10. The highest BCUT2D eigenvalue weighted by atomic mass is 16.5. The van der Waals surface area contributed by atoms with Crippen molar-refractivity contribution in [3.63, 3.8) is 0 Å². The van der Waals surface area contributed by atoms with Gasteiger partial charge in [0.05, 0.1) is 25.0 Å². The first-order valence-corrected chi connectivity index (χ1v) is 8.67. The van der Waals surface area contributed by atoms with Gasteiger partial charge >= 0.3 is 5.97 Å². The average Bonchev–Trinajstić information content (AvgIpc) is 2.64. The number of hydrogen-bond donors (Lipinski definition) is 0. The Balaban J connectivity index is 2.24. The normalized spacial score (nSPS) is 26.9. The Hall–Kier alpha value is -2.75. The molecule has 0 radical (unpaired) electrons. The summed E-state index contributed by atoms with van der Waals surface area (Å²) >= 11 is 0. The monoisotopic (exact) mass is 355 g/mol. The predicted molar refractivity (Wildman–Crippen MR) is 91.6 cm³/mol. The van der Waals surface area contributed by atoms with Crippen LogP contribution in [0.1, 0.15) is 49.1 Å². The molecule has 3 atom stereocenters. The lowest BCUT2D eigenvalue weighted by molar-refractivity contribution is -0.121. The van der Waals surface area contributed by atoms with Crippen LogP contribution in [0.4, 0.5) is 0 Å². The first-order valence-electron chi connectivity index (χ1n) is 8.67. The van der Waals surface area contributed by atoms with Crippen LogP contribution in [0.25, 0.3) is 0 Å². The van der Waals surface area contributed by atoms with Gasteiger partial charge in [0, 0.05) is 16.9 Å². The van der Waals surface area contributed by atoms with Crippen molar-refractivity contribution in [1.29, 1.82) is 5.26 Å². The van der Waals surface area contributed by atoms with Gasteiger partial charge in [-0.15, -0.1) is 0 Å². The molecule has 0 N–H and O–H groups in total. The number of hydrogen-bond acceptors (Lipinski definition) is 7. The second kappa shape index (κ2) is 6.52. The lowest BCUT2D eigenvalue weighted by atomic mass is 9.58. The minimum absolute atomic E-state index is 0.00532. The molecule has 7 nitrogen and oxygen atoms in total. The molecule has 0 aliphatic heterocycles. The zero-order valence-electron chi connectivity index (χ0n) is 15.3. The van der Waals surface area contributed by atoms with Crippen molar-refractivity contribution in [2.45, 2.75) is 39.0 Å². The van der Waals surface area contributed by atoms with Crippen LogP contribution >= 0.6 is 0 Å². The summed E-state index contributed by atoms with van der Waals surface area (Å²) in [7, 11) is 1.50. The number of nitriles is 1. The van der Waals surface area contributed by atoms with Crippen molar-refractivity contribution in [2.24, 2.45) is 11.8 Å². The molecule has 0 saturated heterocycles. The third-order valence-corrected chi connectivity index (χ3v) is 5.45. The van der Waals surface area contributed by atoms with Gasteiger partial charge in [0.25, 0.3) is 0 Å². The van der Waals surface area contributed by atoms with Gasteiger partial charge in [-0.05, 0) is 25.7 Å². The molecule has 0 saturated carbocycles. The average molecular weight is 355 g/mol. The second-order valence-electron chi connectivity index (χ2n) is 6.85. The number of nitrogens with zero attached hydrogens (tertiary/aromatic N) is 3. The number of rotatable bonds is 3. The lowest BCUT2D eigenvalue weighted by Crippen LogP contribution is -2.46. The van der Waals surface area contributed by atoms with E-state index in [0.29, 0.717) is 18.0 Å². The first-order chi connectivity index (χ1) is 12.4. The van der Waals surface area contributed by atoms with E-state index in [1.54, 1.807) is 13.0 Å². The molecule has 0 spiro atoms. The van der Waals surface area contributed by atoms with Gasteiger partial charge in [-0.25, -0.2) is 9.78 Å². The number of methoxy groups -OCH3 is 1. The van der Waals surface area contributed by atoms with E-state index in [4.69, 9.17) is 9.47 Å². The van der Waals surface area contributed by atoms with E-state index in [9.17, 15) is 14.9 Å². The lowest BCUT2D eigenvalue weighted by Gasteiger charge is -2.45. The van der Waals surface area contributed by atoms with Crippen LogP contribution in [0, 0.1) is 23.2 Å². The van der Waals surface area contributed by atoms with Gasteiger partial charge in [-0.1, -0.05) is 19.9 Å². The number of carbonyl (C=O) groups is 2. The molecule has 3 unspecified atom stereocenters. The Bertz CT molecular complexity index is 855. The van der Waals surface area contributed by atoms with Crippen molar-refractivity contribution < 1.29 is 19.1 Å². The number of Topliss-reactive ketones (excluding diaryl/α,β-unsaturated/α-hetero) is 1. The Morgan fingerprint density at radius 2 is 2.19 bits per heavy atom. The number of ether oxygens (including phenoxy) is 2. The van der Waals surface area contributed by atoms with Gasteiger partial charge in [0.1, 0.15) is 6.07 Å². The van der Waals surface area contributed by atoms with Crippen LogP contribution in [0.3, 0.4) is 0 Å². The van der Waals surface area contributed by atoms with E-state index < -0.39 is 11.4 Å². The summed E-state index contributed by atoms with van der Waals surface area (Å²) in [5.74, 6) is -0.780. The van der Waals surface area contributed by atoms with E-state index in [1.807, 2.05) is 19.9 Å². The number of carbonyl (C=O) groups excluding carboxylic acids is 2. The standard InChI is InChI=1S/C19H21N3O4/c1-5-26-18(24)16-21-15-12(17(22-16)25-4)6-7-13-10(2)14(23)11(9-20)8-19(13,15)3/h8,10,13H,5-7H2,1-4H3. The Labute approximate surface area is 152 Å². The van der Waals surface area contributed by atoms with Crippen molar-refractivity contribution >= 4 is 11.8 Å². The molecule has 1 aromatic rings. The zero-order chi connectivity index (χ0) is 19.1. The van der Waals surface area contributed by atoms with Gasteiger partial charge < -0.3 is 9.47 Å². The SMILES string of the molecule is CCOC(=O)c1nc(OC)c2c(n1)C1(C)C=C(C#N)C(=O)C(C)C1CC2. The van der Waals surface area contributed by atoms with Gasteiger partial charge in [-0.3, -0.25) is 4.79 Å². The van der Waals surface area contributed by atoms with Crippen LogP contribution < -0.4 is 4.74 Å². The summed E-state index contributed by atoms with van der Waals surface area (Å²) in [6, 6.07) is 2.00. The topological polar surface area (TPSA) is 102 Å². The fourth-order valence-electron chi connectivity index (χ4n) is 4.20. The molecule has 2 aliphatic rings. The molecule has 26 heavy (non-hydrogen) atoms. The summed E-state index contributed by atoms with van der Waals surface area (Å²) < 4.78 is 10.4. The van der Waals surface area contributed by atoms with E-state index in [1.165, 1.54) is 7.11 Å². The summed E-state index contributed by atoms with van der Waals surface area (Å²) in [6.45, 7) is 5.73. The minimum Gasteiger partial charge on any atom is -0.481 e. The largest absolute Gasteiger partial charge is 0.481 e. The number of allylic oxidation sites excluding steroid dienone is 2. The van der Waals surface area contributed by atoms with Crippen LogP contribution in [0.5, 0.6) is 5.88 Å². The maximum absolute atomic E-state index is 12.4. The van der Waals surface area contributed by atoms with Crippen LogP contribution in [0.2, 0.25) is 0 Å². The Morgan fingerprint density at radius 3 is 2.81 bits per heavy atom. The van der Waals surface area contributed by atoms with Crippen LogP contribution in [0.15, 0.2) is 11.6 Å². The quantitative estimate of drug-likeness (QED) is 0.765. The van der Waals surface area contributed by atoms with Crippen LogP contribution in [-0.2, 0) is 21.4 Å². The van der Waals surface area contributed by atoms with E-state index >= 15 is 0 Å². The molecule has 0 fully saturated rings. The van der Waals surface area contributed by atoms with E-state index in [0.717, 1.165) is 12.0 Å². The third kappa shape index (κ3) is 2.57. The molecule has 1 heterocycles. The highest BCUT2D eigenvalue weighted by molar-refractivity contribution is 6.02. The van der Waals surface area contributed by atoms with E-state index in [-0.39, 0.29) is 35.6 Å². The van der Waals surface area contributed by atoms with Crippen molar-refractivity contribution in [3.05, 3.63) is 28.7 Å². The molecule has 7 heteroatoms. The summed E-state index contributed by atoms with van der Waals surface area (Å²) in [4.78, 5) is 33.3. The maximum atomic E-state index is 12.4. The molecular formula is C19H21N3O4. The molecular weight excluding hydrogens is 334 g/mol. The van der Waals surface area contributed by atoms with Crippen LogP contribution in [-0.4, -0.2) is 35.4 Å². The van der Waals surface area contributed by atoms with Gasteiger partial charge in [0.2, 0.25) is 11.7 Å². The molecule has 1 aromatic heterocycles. The highest BCUT2D eigenvalue weighted by Crippen LogP contribution is 2.50. The summed E-state index contributed by atoms with van der Waals surface area (Å²) in [5.41, 5.74) is 0.938. The Kier molecular flexibility index (Phi) is 4.53. The number of esters is 1. The molecule has 0 amide bonds. The van der Waals surface area contributed by atoms with Crippen molar-refractivity contribution in [2.75, 3.05) is 13.7 Å². The fourth-order valence-corrected chi connectivity index (χ4v) is 4.20. The smallest absolute Gasteiger partial charge is 0.376 e. The molecule has 136 valence electrons. The zero-order valence-corrected chi connectivity index (χ0v) is 15.3. The molecule has 2 aliphatic carbocycles. The maximum Gasteiger partial charge on any atom is 0.376 e. The second-order valence-corrected chi connectivity index (χ2v) is 6.85. The Morgan fingerprint density at radius 1 is 1.46 bits per heavy atom. The first kappa shape index (κ1) is 18.1. The third-order valence-electron chi connectivity index (χ3n) is 5.45. The highest BCUT2D eigenvalue weighted by Gasteiger charge is 2.50. The fraction of sp³-hybridized carbons (Fsp3) is 0.526. The molecule has 0 aromatic carbocycles. The molecule has 0 bridgehead atoms. The van der Waals surface area contributed by atoms with E-state index in [2.05, 4.69) is 9.97 Å². The van der Waals surface area contributed by atoms with Gasteiger partial charge in [-0.2, -0.15) is 10.2 Å². The number of aromatic nitrogens is 2. The minimum atomic E-state index is -0.649. The predicted octanol–water partition coefficient (Wildman–Crippen LogP) is 2.15. The molecule has 3 rings (SSSR count). The van der Waals surface area contributed by atoms with Crippen molar-refractivity contribution in [1.82, 2.24) is 9.97 Å².